The predicted molar refractivity (Wildman–Crippen MR) is 38.7 cm³/mol. The molecule has 0 amide bonds. The Kier molecular flexibility index (Phi) is 1.46. The molecule has 2 bridgehead atoms. The molecule has 2 rings (SSSR count). The fraction of sp³-hybridized carbons (Fsp3) is 0.857. The molecule has 0 radical (unpaired) electrons. The molecule has 0 N–H and O–H groups in total. The lowest BCUT2D eigenvalue weighted by Gasteiger charge is -2.17. The van der Waals surface area contributed by atoms with E-state index < -0.39 is 0 Å². The Morgan fingerprint density at radius 2 is 2.30 bits per heavy atom. The molecule has 2 unspecified atom stereocenters. The quantitative estimate of drug-likeness (QED) is 0.495. The van der Waals surface area contributed by atoms with E-state index in [0.29, 0.717) is 24.2 Å². The number of rotatable bonds is 0. The summed E-state index contributed by atoms with van der Waals surface area (Å²) in [4.78, 5) is 11.0. The first kappa shape index (κ1) is 6.62. The Bertz CT molecular complexity index is 169. The van der Waals surface area contributed by atoms with Gasteiger partial charge < -0.3 is 0 Å². The molecule has 1 aliphatic carbocycles. The van der Waals surface area contributed by atoms with Crippen LogP contribution in [0.15, 0.2) is 0 Å². The first-order valence-electron chi connectivity index (χ1n) is 3.70. The zero-order valence-electron chi connectivity index (χ0n) is 5.72. The molecule has 2 nitrogen and oxygen atoms in total. The summed E-state index contributed by atoms with van der Waals surface area (Å²) in [5.74, 6) is 0.952. The third kappa shape index (κ3) is 0.956. The van der Waals surface area contributed by atoms with Crippen molar-refractivity contribution in [3.63, 3.8) is 0 Å². The van der Waals surface area contributed by atoms with Crippen LogP contribution < -0.4 is 0 Å². The van der Waals surface area contributed by atoms with Gasteiger partial charge in [0.2, 0.25) is 0 Å². The van der Waals surface area contributed by atoms with Gasteiger partial charge in [0.05, 0.1) is 0 Å². The number of nitrogens with zero attached hydrogens (tertiary/aromatic N) is 1. The van der Waals surface area contributed by atoms with Crippen LogP contribution in [0.5, 0.6) is 0 Å². The average molecular weight is 160 g/mol. The Balaban J connectivity index is 2.13. The van der Waals surface area contributed by atoms with E-state index in [9.17, 15) is 4.79 Å². The smallest absolute Gasteiger partial charge is 0.134 e. The third-order valence-corrected chi connectivity index (χ3v) is 2.83. The molecule has 2 atom stereocenters. The average Bonchev–Trinajstić information content (AvgIpc) is 2.07. The first-order valence-corrected chi connectivity index (χ1v) is 4.03. The fourth-order valence-electron chi connectivity index (χ4n) is 1.97. The molecule has 0 aromatic carbocycles. The van der Waals surface area contributed by atoms with E-state index in [-0.39, 0.29) is 0 Å². The van der Waals surface area contributed by atoms with Crippen LogP contribution >= 0.6 is 11.8 Å². The summed E-state index contributed by atoms with van der Waals surface area (Å²) in [5.41, 5.74) is 0. The van der Waals surface area contributed by atoms with E-state index in [1.54, 1.807) is 4.42 Å². The minimum atomic E-state index is 0.355. The highest BCUT2D eigenvalue weighted by Gasteiger charge is 2.37. The van der Waals surface area contributed by atoms with Gasteiger partial charge in [0, 0.05) is 25.4 Å². The van der Waals surface area contributed by atoms with Gasteiger partial charge in [-0.2, -0.15) is 0 Å². The van der Waals surface area contributed by atoms with E-state index in [4.69, 9.17) is 11.8 Å². The highest BCUT2D eigenvalue weighted by Crippen LogP contribution is 2.34. The van der Waals surface area contributed by atoms with Crippen molar-refractivity contribution in [1.29, 1.82) is 0 Å². The largest absolute Gasteiger partial charge is 0.300 e. The highest BCUT2D eigenvalue weighted by atomic mass is 35.5. The van der Waals surface area contributed by atoms with Gasteiger partial charge in [-0.3, -0.25) is 4.79 Å². The van der Waals surface area contributed by atoms with Crippen LogP contribution in [0.4, 0.5) is 0 Å². The maximum atomic E-state index is 11.0. The van der Waals surface area contributed by atoms with Crippen molar-refractivity contribution >= 4 is 17.6 Å². The third-order valence-electron chi connectivity index (χ3n) is 2.41. The van der Waals surface area contributed by atoms with E-state index in [0.717, 1.165) is 19.4 Å². The topological polar surface area (TPSA) is 20.3 Å². The lowest BCUT2D eigenvalue weighted by molar-refractivity contribution is -0.121. The van der Waals surface area contributed by atoms with Crippen LogP contribution in [0.2, 0.25) is 0 Å². The molecule has 56 valence electrons. The second-order valence-electron chi connectivity index (χ2n) is 3.28. The lowest BCUT2D eigenvalue weighted by atomic mass is 9.90. The number of fused-ring (bicyclic) bond motifs is 2. The van der Waals surface area contributed by atoms with E-state index in [1.165, 1.54) is 0 Å². The molecule has 0 spiro atoms. The van der Waals surface area contributed by atoms with Gasteiger partial charge in [-0.15, -0.1) is 0 Å². The van der Waals surface area contributed by atoms with Crippen LogP contribution in [-0.2, 0) is 4.79 Å². The summed E-state index contributed by atoms with van der Waals surface area (Å²) < 4.78 is 1.80. The molecule has 2 aliphatic rings. The van der Waals surface area contributed by atoms with Crippen molar-refractivity contribution in [1.82, 2.24) is 4.42 Å². The first-order chi connectivity index (χ1) is 4.75. The SMILES string of the molecule is O=C1CC2CC(C1)N(Cl)C2. The number of Topliss-reactive ketones (excluding diaryl/α,β-unsaturated/α-hetero) is 1. The van der Waals surface area contributed by atoms with Crippen molar-refractivity contribution in [3.05, 3.63) is 0 Å². The Labute approximate surface area is 65.3 Å². The molecule has 1 saturated carbocycles. The van der Waals surface area contributed by atoms with E-state index in [1.807, 2.05) is 0 Å². The summed E-state index contributed by atoms with van der Waals surface area (Å²) in [7, 11) is 0. The van der Waals surface area contributed by atoms with Gasteiger partial charge >= 0.3 is 0 Å². The van der Waals surface area contributed by atoms with Gasteiger partial charge in [0.1, 0.15) is 5.78 Å². The van der Waals surface area contributed by atoms with Crippen molar-refractivity contribution in [2.75, 3.05) is 6.54 Å². The lowest BCUT2D eigenvalue weighted by Crippen LogP contribution is -2.23. The van der Waals surface area contributed by atoms with Crippen LogP contribution in [0, 0.1) is 5.92 Å². The van der Waals surface area contributed by atoms with Crippen LogP contribution in [0.1, 0.15) is 19.3 Å². The summed E-state index contributed by atoms with van der Waals surface area (Å²) in [5, 5.41) is 0. The van der Waals surface area contributed by atoms with E-state index in [2.05, 4.69) is 0 Å². The molecule has 2 fully saturated rings. The molecule has 0 aromatic rings. The molecule has 3 heteroatoms. The molecular weight excluding hydrogens is 150 g/mol. The maximum absolute atomic E-state index is 11.0. The summed E-state index contributed by atoms with van der Waals surface area (Å²) in [6.07, 6.45) is 2.58. The number of ketones is 1. The molecule has 1 saturated heterocycles. The van der Waals surface area contributed by atoms with Crippen LogP contribution in [0.3, 0.4) is 0 Å². The Morgan fingerprint density at radius 1 is 1.50 bits per heavy atom. The van der Waals surface area contributed by atoms with Crippen molar-refractivity contribution in [2.24, 2.45) is 5.92 Å². The summed E-state index contributed by atoms with van der Waals surface area (Å²) >= 11 is 5.86. The van der Waals surface area contributed by atoms with Gasteiger partial charge in [0.25, 0.3) is 0 Å². The van der Waals surface area contributed by atoms with Gasteiger partial charge in [-0.1, -0.05) is 0 Å². The van der Waals surface area contributed by atoms with Crippen LogP contribution in [0.25, 0.3) is 0 Å². The van der Waals surface area contributed by atoms with Crippen molar-refractivity contribution < 1.29 is 4.79 Å². The minimum absolute atomic E-state index is 0.355. The van der Waals surface area contributed by atoms with Crippen LogP contribution in [-0.4, -0.2) is 22.8 Å². The number of hydrogen-bond acceptors (Lipinski definition) is 2. The number of halogens is 1. The number of carbonyl (C=O) groups excluding carboxylic acids is 1. The molecular formula is C7H10ClNO. The highest BCUT2D eigenvalue weighted by molar-refractivity contribution is 6.14. The van der Waals surface area contributed by atoms with Crippen molar-refractivity contribution in [2.45, 2.75) is 25.3 Å². The van der Waals surface area contributed by atoms with Gasteiger partial charge in [-0.05, 0) is 24.1 Å². The second kappa shape index (κ2) is 2.21. The standard InChI is InChI=1S/C7H10ClNO/c8-9-4-5-1-6(9)3-7(10)2-5/h5-6H,1-4H2. The zero-order chi connectivity index (χ0) is 7.14. The molecule has 10 heavy (non-hydrogen) atoms. The molecule has 0 aromatic heterocycles. The minimum Gasteiger partial charge on any atom is -0.300 e. The Hall–Kier alpha value is -0.0800. The second-order valence-corrected chi connectivity index (χ2v) is 3.72. The number of carbonyl (C=O) groups is 1. The normalized spacial score (nSPS) is 40.7. The van der Waals surface area contributed by atoms with Gasteiger partial charge in [0.15, 0.2) is 0 Å². The van der Waals surface area contributed by atoms with Crippen molar-refractivity contribution in [3.8, 4) is 0 Å². The Morgan fingerprint density at radius 3 is 3.00 bits per heavy atom. The predicted octanol–water partition coefficient (Wildman–Crippen LogP) is 1.19. The molecule has 1 heterocycles. The van der Waals surface area contributed by atoms with Gasteiger partial charge in [-0.25, -0.2) is 4.42 Å². The molecule has 1 aliphatic heterocycles. The zero-order valence-corrected chi connectivity index (χ0v) is 6.47. The fourth-order valence-corrected chi connectivity index (χ4v) is 2.31. The van der Waals surface area contributed by atoms with E-state index >= 15 is 0 Å². The summed E-state index contributed by atoms with van der Waals surface area (Å²) in [6.45, 7) is 0.915. The monoisotopic (exact) mass is 159 g/mol. The maximum Gasteiger partial charge on any atom is 0.134 e. The number of hydrogen-bond donors (Lipinski definition) is 0. The summed E-state index contributed by atoms with van der Waals surface area (Å²) in [6, 6.07) is 0.355.